The molecule has 0 heterocycles. The van der Waals surface area contributed by atoms with Gasteiger partial charge in [0, 0.05) is 6.42 Å². The molecule has 0 radical (unpaired) electrons. The van der Waals surface area contributed by atoms with Gasteiger partial charge in [-0.25, -0.2) is 0 Å². The zero-order valence-electron chi connectivity index (χ0n) is 8.90. The average molecular weight is 168 g/mol. The van der Waals surface area contributed by atoms with Gasteiger partial charge in [-0.15, -0.1) is 0 Å². The Balaban J connectivity index is 2.57. The molecular formula is C11H20O. The Morgan fingerprint density at radius 2 is 1.92 bits per heavy atom. The van der Waals surface area contributed by atoms with Crippen molar-refractivity contribution in [3.8, 4) is 0 Å². The Hall–Kier alpha value is -0.460. The molecule has 70 valence electrons. The monoisotopic (exact) mass is 168 g/mol. The molecule has 0 atom stereocenters. The topological polar surface area (TPSA) is 9.23 Å². The van der Waals surface area contributed by atoms with E-state index in [1.807, 2.05) is 0 Å². The average Bonchev–Trinajstić information content (AvgIpc) is 2.05. The first kappa shape index (κ1) is 9.63. The SMILES string of the molecule is CC1(C)C=C(OC(C)(C)C)CC1. The van der Waals surface area contributed by atoms with Gasteiger partial charge >= 0.3 is 0 Å². The van der Waals surface area contributed by atoms with Gasteiger partial charge < -0.3 is 4.74 Å². The van der Waals surface area contributed by atoms with Gasteiger partial charge in [-0.05, 0) is 38.7 Å². The van der Waals surface area contributed by atoms with Gasteiger partial charge in [0.15, 0.2) is 0 Å². The van der Waals surface area contributed by atoms with E-state index in [4.69, 9.17) is 4.74 Å². The fraction of sp³-hybridized carbons (Fsp3) is 0.818. The molecule has 0 bridgehead atoms. The Kier molecular flexibility index (Phi) is 2.24. The summed E-state index contributed by atoms with van der Waals surface area (Å²) in [6.45, 7) is 10.8. The van der Waals surface area contributed by atoms with E-state index >= 15 is 0 Å². The Bertz CT molecular complexity index is 194. The predicted octanol–water partition coefficient (Wildman–Crippen LogP) is 3.51. The maximum atomic E-state index is 5.80. The van der Waals surface area contributed by atoms with Crippen LogP contribution in [0.3, 0.4) is 0 Å². The van der Waals surface area contributed by atoms with Crippen LogP contribution in [0.4, 0.5) is 0 Å². The van der Waals surface area contributed by atoms with Crippen molar-refractivity contribution < 1.29 is 4.74 Å². The summed E-state index contributed by atoms with van der Waals surface area (Å²) < 4.78 is 5.80. The van der Waals surface area contributed by atoms with Crippen molar-refractivity contribution in [1.82, 2.24) is 0 Å². The minimum Gasteiger partial charge on any atom is -0.493 e. The van der Waals surface area contributed by atoms with E-state index in [-0.39, 0.29) is 5.60 Å². The zero-order chi connectivity index (χ0) is 9.41. The summed E-state index contributed by atoms with van der Waals surface area (Å²) in [5.41, 5.74) is 0.312. The summed E-state index contributed by atoms with van der Waals surface area (Å²) in [7, 11) is 0. The van der Waals surface area contributed by atoms with Gasteiger partial charge in [-0.3, -0.25) is 0 Å². The highest BCUT2D eigenvalue weighted by Crippen LogP contribution is 2.36. The van der Waals surface area contributed by atoms with E-state index in [9.17, 15) is 0 Å². The number of hydrogen-bond acceptors (Lipinski definition) is 1. The normalized spacial score (nSPS) is 22.2. The molecule has 0 aromatic rings. The third-order valence-corrected chi connectivity index (χ3v) is 2.00. The van der Waals surface area contributed by atoms with E-state index in [0.717, 1.165) is 6.42 Å². The lowest BCUT2D eigenvalue weighted by atomic mass is 9.94. The molecule has 0 aromatic heterocycles. The zero-order valence-corrected chi connectivity index (χ0v) is 8.90. The summed E-state index contributed by atoms with van der Waals surface area (Å²) in [4.78, 5) is 0. The third kappa shape index (κ3) is 2.88. The lowest BCUT2D eigenvalue weighted by Gasteiger charge is -2.22. The lowest BCUT2D eigenvalue weighted by Crippen LogP contribution is -2.18. The van der Waals surface area contributed by atoms with Gasteiger partial charge in [0.05, 0.1) is 5.76 Å². The minimum atomic E-state index is -0.0355. The third-order valence-electron chi connectivity index (χ3n) is 2.00. The van der Waals surface area contributed by atoms with Gasteiger partial charge in [-0.2, -0.15) is 0 Å². The molecule has 0 saturated heterocycles. The summed E-state index contributed by atoms with van der Waals surface area (Å²) in [6, 6.07) is 0. The van der Waals surface area contributed by atoms with E-state index in [2.05, 4.69) is 40.7 Å². The highest BCUT2D eigenvalue weighted by molar-refractivity contribution is 5.09. The molecule has 12 heavy (non-hydrogen) atoms. The second-order valence-electron chi connectivity index (χ2n) is 5.31. The second-order valence-corrected chi connectivity index (χ2v) is 5.31. The van der Waals surface area contributed by atoms with Crippen molar-refractivity contribution >= 4 is 0 Å². The molecular weight excluding hydrogens is 148 g/mol. The molecule has 0 aliphatic heterocycles. The van der Waals surface area contributed by atoms with Crippen molar-refractivity contribution in [2.24, 2.45) is 5.41 Å². The van der Waals surface area contributed by atoms with Crippen molar-refractivity contribution in [3.05, 3.63) is 11.8 Å². The van der Waals surface area contributed by atoms with E-state index in [1.165, 1.54) is 12.2 Å². The Morgan fingerprint density at radius 3 is 2.25 bits per heavy atom. The first-order valence-electron chi connectivity index (χ1n) is 4.69. The molecule has 0 N–H and O–H groups in total. The smallest absolute Gasteiger partial charge is 0.100 e. The molecule has 1 aliphatic rings. The molecule has 1 heteroatoms. The van der Waals surface area contributed by atoms with Crippen molar-refractivity contribution in [2.75, 3.05) is 0 Å². The predicted molar refractivity (Wildman–Crippen MR) is 51.9 cm³/mol. The highest BCUT2D eigenvalue weighted by atomic mass is 16.5. The maximum Gasteiger partial charge on any atom is 0.100 e. The molecule has 0 saturated carbocycles. The molecule has 0 aromatic carbocycles. The van der Waals surface area contributed by atoms with Gasteiger partial charge in [-0.1, -0.05) is 13.8 Å². The minimum absolute atomic E-state index is 0.0355. The number of rotatable bonds is 1. The highest BCUT2D eigenvalue weighted by Gasteiger charge is 2.26. The van der Waals surface area contributed by atoms with Crippen LogP contribution < -0.4 is 0 Å². The number of allylic oxidation sites excluding steroid dienone is 2. The standard InChI is InChI=1S/C11H20O/c1-10(2,3)12-9-6-7-11(4,5)8-9/h8H,6-7H2,1-5H3. The van der Waals surface area contributed by atoms with Gasteiger partial charge in [0.1, 0.15) is 5.60 Å². The first-order chi connectivity index (χ1) is 5.29. The van der Waals surface area contributed by atoms with Crippen molar-refractivity contribution in [1.29, 1.82) is 0 Å². The van der Waals surface area contributed by atoms with E-state index in [1.54, 1.807) is 0 Å². The fourth-order valence-electron chi connectivity index (χ4n) is 1.50. The van der Waals surface area contributed by atoms with Crippen LogP contribution >= 0.6 is 0 Å². The van der Waals surface area contributed by atoms with Crippen LogP contribution in [-0.4, -0.2) is 5.60 Å². The molecule has 0 spiro atoms. The van der Waals surface area contributed by atoms with Gasteiger partial charge in [0.25, 0.3) is 0 Å². The van der Waals surface area contributed by atoms with Crippen LogP contribution in [0, 0.1) is 5.41 Å². The summed E-state index contributed by atoms with van der Waals surface area (Å²) >= 11 is 0. The molecule has 1 rings (SSSR count). The van der Waals surface area contributed by atoms with E-state index in [0.29, 0.717) is 5.41 Å². The van der Waals surface area contributed by atoms with Crippen LogP contribution in [0.5, 0.6) is 0 Å². The summed E-state index contributed by atoms with van der Waals surface area (Å²) in [5.74, 6) is 1.17. The summed E-state index contributed by atoms with van der Waals surface area (Å²) in [5, 5.41) is 0. The lowest BCUT2D eigenvalue weighted by molar-refractivity contribution is 0.0491. The number of ether oxygens (including phenoxy) is 1. The molecule has 0 fully saturated rings. The maximum absolute atomic E-state index is 5.80. The van der Waals surface area contributed by atoms with Crippen LogP contribution in [0.15, 0.2) is 11.8 Å². The number of hydrogen-bond donors (Lipinski definition) is 0. The molecule has 1 nitrogen and oxygen atoms in total. The Morgan fingerprint density at radius 1 is 1.33 bits per heavy atom. The quantitative estimate of drug-likeness (QED) is 0.582. The largest absolute Gasteiger partial charge is 0.493 e. The summed E-state index contributed by atoms with van der Waals surface area (Å²) in [6.07, 6.45) is 4.58. The Labute approximate surface area is 75.8 Å². The molecule has 0 amide bonds. The molecule has 1 aliphatic carbocycles. The van der Waals surface area contributed by atoms with Crippen LogP contribution in [0.25, 0.3) is 0 Å². The first-order valence-corrected chi connectivity index (χ1v) is 4.69. The van der Waals surface area contributed by atoms with Crippen molar-refractivity contribution in [2.45, 2.75) is 53.1 Å². The van der Waals surface area contributed by atoms with Crippen molar-refractivity contribution in [3.63, 3.8) is 0 Å². The van der Waals surface area contributed by atoms with E-state index < -0.39 is 0 Å². The molecule has 0 unspecified atom stereocenters. The fourth-order valence-corrected chi connectivity index (χ4v) is 1.50. The van der Waals surface area contributed by atoms with Crippen LogP contribution in [0.1, 0.15) is 47.5 Å². The second kappa shape index (κ2) is 2.79. The van der Waals surface area contributed by atoms with Crippen LogP contribution in [-0.2, 0) is 4.74 Å². The van der Waals surface area contributed by atoms with Gasteiger partial charge in [0.2, 0.25) is 0 Å². The van der Waals surface area contributed by atoms with Crippen LogP contribution in [0.2, 0.25) is 0 Å².